The first-order valence-corrected chi connectivity index (χ1v) is 6.54. The van der Waals surface area contributed by atoms with Gasteiger partial charge in [0.15, 0.2) is 0 Å². The largest absolute Gasteiger partial charge is 0.493 e. The van der Waals surface area contributed by atoms with Gasteiger partial charge in [0.05, 0.1) is 12.3 Å². The molecule has 0 saturated carbocycles. The van der Waals surface area contributed by atoms with E-state index in [2.05, 4.69) is 34.3 Å². The van der Waals surface area contributed by atoms with Crippen LogP contribution in [0, 0.1) is 5.92 Å². The predicted octanol–water partition coefficient (Wildman–Crippen LogP) is 2.34. The maximum atomic E-state index is 5.75. The number of hydrogen-bond acceptors (Lipinski definition) is 4. The molecule has 19 heavy (non-hydrogen) atoms. The van der Waals surface area contributed by atoms with Crippen molar-refractivity contribution < 1.29 is 4.74 Å². The third-order valence-corrected chi connectivity index (χ3v) is 3.47. The van der Waals surface area contributed by atoms with Crippen LogP contribution in [-0.2, 0) is 6.54 Å². The number of rotatable bonds is 3. The second-order valence-electron chi connectivity index (χ2n) is 4.89. The molecule has 0 bridgehead atoms. The van der Waals surface area contributed by atoms with Crippen LogP contribution in [-0.4, -0.2) is 16.6 Å². The predicted molar refractivity (Wildman–Crippen MR) is 72.7 cm³/mol. The molecule has 1 aliphatic rings. The molecular weight excluding hydrogens is 238 g/mol. The summed E-state index contributed by atoms with van der Waals surface area (Å²) >= 11 is 0. The number of para-hydroxylation sites is 1. The zero-order valence-electron chi connectivity index (χ0n) is 10.9. The molecular formula is C15H17N3O. The highest BCUT2D eigenvalue weighted by Crippen LogP contribution is 2.34. The van der Waals surface area contributed by atoms with Gasteiger partial charge >= 0.3 is 0 Å². The fourth-order valence-electron chi connectivity index (χ4n) is 2.44. The Balaban J connectivity index is 1.77. The van der Waals surface area contributed by atoms with Gasteiger partial charge in [0.2, 0.25) is 0 Å². The lowest BCUT2D eigenvalue weighted by Gasteiger charge is -2.32. The summed E-state index contributed by atoms with van der Waals surface area (Å²) in [4.78, 5) is 8.17. The number of nitrogens with one attached hydrogen (secondary N) is 1. The summed E-state index contributed by atoms with van der Waals surface area (Å²) in [6, 6.07) is 10.5. The van der Waals surface area contributed by atoms with Crippen molar-refractivity contribution >= 4 is 0 Å². The Hall–Kier alpha value is -1.94. The van der Waals surface area contributed by atoms with Gasteiger partial charge in [0, 0.05) is 30.3 Å². The Kier molecular flexibility index (Phi) is 3.42. The van der Waals surface area contributed by atoms with E-state index in [0.29, 0.717) is 12.0 Å². The van der Waals surface area contributed by atoms with Gasteiger partial charge in [-0.25, -0.2) is 9.97 Å². The molecule has 1 aromatic carbocycles. The first kappa shape index (κ1) is 12.1. The molecule has 1 aromatic heterocycles. The van der Waals surface area contributed by atoms with Gasteiger partial charge < -0.3 is 10.1 Å². The molecule has 2 atom stereocenters. The highest BCUT2D eigenvalue weighted by molar-refractivity contribution is 5.37. The standard InChI is InChI=1S/C15H17N3O/c1-11-9-19-14-5-3-2-4-13(14)15(11)17-8-12-6-7-16-10-18-12/h2-7,10-11,15,17H,8-9H2,1H3. The van der Waals surface area contributed by atoms with Crippen molar-refractivity contribution in [3.05, 3.63) is 54.1 Å². The van der Waals surface area contributed by atoms with Gasteiger partial charge in [-0.2, -0.15) is 0 Å². The normalized spacial score (nSPS) is 21.5. The number of benzene rings is 1. The fourth-order valence-corrected chi connectivity index (χ4v) is 2.44. The lowest BCUT2D eigenvalue weighted by Crippen LogP contribution is -2.33. The molecule has 2 aromatic rings. The molecule has 1 aliphatic heterocycles. The first-order chi connectivity index (χ1) is 9.34. The average molecular weight is 255 g/mol. The summed E-state index contributed by atoms with van der Waals surface area (Å²) in [5.74, 6) is 1.43. The van der Waals surface area contributed by atoms with Crippen LogP contribution in [0.15, 0.2) is 42.9 Å². The van der Waals surface area contributed by atoms with Gasteiger partial charge in [0.25, 0.3) is 0 Å². The van der Waals surface area contributed by atoms with Gasteiger partial charge in [-0.1, -0.05) is 25.1 Å². The number of fused-ring (bicyclic) bond motifs is 1. The van der Waals surface area contributed by atoms with E-state index >= 15 is 0 Å². The van der Waals surface area contributed by atoms with Crippen LogP contribution < -0.4 is 10.1 Å². The maximum absolute atomic E-state index is 5.75. The molecule has 0 spiro atoms. The molecule has 1 N–H and O–H groups in total. The fraction of sp³-hybridized carbons (Fsp3) is 0.333. The number of nitrogens with zero attached hydrogens (tertiary/aromatic N) is 2. The summed E-state index contributed by atoms with van der Waals surface area (Å²) < 4.78 is 5.75. The van der Waals surface area contributed by atoms with Gasteiger partial charge in [-0.3, -0.25) is 0 Å². The number of ether oxygens (including phenoxy) is 1. The van der Waals surface area contributed by atoms with E-state index in [9.17, 15) is 0 Å². The second kappa shape index (κ2) is 5.36. The van der Waals surface area contributed by atoms with E-state index < -0.39 is 0 Å². The summed E-state index contributed by atoms with van der Waals surface area (Å²) in [6.07, 6.45) is 3.35. The Morgan fingerprint density at radius 1 is 1.32 bits per heavy atom. The van der Waals surface area contributed by atoms with E-state index in [1.165, 1.54) is 5.56 Å². The molecule has 0 aliphatic carbocycles. The molecule has 0 radical (unpaired) electrons. The average Bonchev–Trinajstić information content (AvgIpc) is 2.47. The molecule has 0 saturated heterocycles. The highest BCUT2D eigenvalue weighted by atomic mass is 16.5. The summed E-state index contributed by atoms with van der Waals surface area (Å²) in [5.41, 5.74) is 2.24. The zero-order chi connectivity index (χ0) is 13.1. The minimum Gasteiger partial charge on any atom is -0.493 e. The molecule has 2 heterocycles. The molecule has 4 heteroatoms. The molecule has 98 valence electrons. The third kappa shape index (κ3) is 2.58. The first-order valence-electron chi connectivity index (χ1n) is 6.54. The van der Waals surface area contributed by atoms with Crippen molar-refractivity contribution in [2.24, 2.45) is 5.92 Å². The van der Waals surface area contributed by atoms with Crippen molar-refractivity contribution in [2.75, 3.05) is 6.61 Å². The number of hydrogen-bond donors (Lipinski definition) is 1. The van der Waals surface area contributed by atoms with Crippen LogP contribution in [0.2, 0.25) is 0 Å². The summed E-state index contributed by atoms with van der Waals surface area (Å²) in [6.45, 7) is 3.69. The third-order valence-electron chi connectivity index (χ3n) is 3.47. The topological polar surface area (TPSA) is 47.0 Å². The molecule has 0 fully saturated rings. The molecule has 3 rings (SSSR count). The van der Waals surface area contributed by atoms with Crippen LogP contribution in [0.4, 0.5) is 0 Å². The second-order valence-corrected chi connectivity index (χ2v) is 4.89. The van der Waals surface area contributed by atoms with Crippen LogP contribution >= 0.6 is 0 Å². The zero-order valence-corrected chi connectivity index (χ0v) is 10.9. The van der Waals surface area contributed by atoms with Crippen LogP contribution in [0.25, 0.3) is 0 Å². The van der Waals surface area contributed by atoms with Crippen LogP contribution in [0.3, 0.4) is 0 Å². The Labute approximate surface area is 112 Å². The van der Waals surface area contributed by atoms with E-state index in [-0.39, 0.29) is 0 Å². The maximum Gasteiger partial charge on any atom is 0.124 e. The molecule has 2 unspecified atom stereocenters. The summed E-state index contributed by atoms with van der Waals surface area (Å²) in [5, 5.41) is 3.57. The van der Waals surface area contributed by atoms with Crippen molar-refractivity contribution in [1.82, 2.24) is 15.3 Å². The van der Waals surface area contributed by atoms with Crippen molar-refractivity contribution in [3.63, 3.8) is 0 Å². The van der Waals surface area contributed by atoms with E-state index in [1.54, 1.807) is 12.5 Å². The van der Waals surface area contributed by atoms with Gasteiger partial charge in [-0.15, -0.1) is 0 Å². The molecule has 4 nitrogen and oxygen atoms in total. The lowest BCUT2D eigenvalue weighted by atomic mass is 9.92. The summed E-state index contributed by atoms with van der Waals surface area (Å²) in [7, 11) is 0. The van der Waals surface area contributed by atoms with Gasteiger partial charge in [0.1, 0.15) is 12.1 Å². The van der Waals surface area contributed by atoms with Gasteiger partial charge in [-0.05, 0) is 12.1 Å². The van der Waals surface area contributed by atoms with Crippen LogP contribution in [0.1, 0.15) is 24.2 Å². The Morgan fingerprint density at radius 2 is 2.21 bits per heavy atom. The van der Waals surface area contributed by atoms with E-state index in [0.717, 1.165) is 24.6 Å². The van der Waals surface area contributed by atoms with Crippen molar-refractivity contribution in [3.8, 4) is 5.75 Å². The SMILES string of the molecule is CC1COc2ccccc2C1NCc1ccncn1. The number of aromatic nitrogens is 2. The monoisotopic (exact) mass is 255 g/mol. The van der Waals surface area contributed by atoms with Crippen molar-refractivity contribution in [2.45, 2.75) is 19.5 Å². The lowest BCUT2D eigenvalue weighted by molar-refractivity contribution is 0.187. The van der Waals surface area contributed by atoms with E-state index in [1.807, 2.05) is 18.2 Å². The Bertz CT molecular complexity index is 544. The quantitative estimate of drug-likeness (QED) is 0.914. The Morgan fingerprint density at radius 3 is 3.05 bits per heavy atom. The van der Waals surface area contributed by atoms with Crippen molar-refractivity contribution in [1.29, 1.82) is 0 Å². The molecule has 0 amide bonds. The van der Waals surface area contributed by atoms with Crippen LogP contribution in [0.5, 0.6) is 5.75 Å². The minimum absolute atomic E-state index is 0.305. The minimum atomic E-state index is 0.305. The smallest absolute Gasteiger partial charge is 0.124 e. The highest BCUT2D eigenvalue weighted by Gasteiger charge is 2.27. The van der Waals surface area contributed by atoms with E-state index in [4.69, 9.17) is 4.74 Å².